The van der Waals surface area contributed by atoms with E-state index in [1.54, 1.807) is 43.3 Å². The van der Waals surface area contributed by atoms with E-state index in [2.05, 4.69) is 5.32 Å². The van der Waals surface area contributed by atoms with Crippen LogP contribution in [0.2, 0.25) is 0 Å². The highest BCUT2D eigenvalue weighted by molar-refractivity contribution is 6.09. The number of carbonyl (C=O) groups excluding carboxylic acids is 1. The van der Waals surface area contributed by atoms with Gasteiger partial charge in [-0.3, -0.25) is 4.79 Å². The van der Waals surface area contributed by atoms with Gasteiger partial charge in [-0.2, -0.15) is 5.26 Å². The Hall–Kier alpha value is -4.11. The van der Waals surface area contributed by atoms with Crippen molar-refractivity contribution in [3.8, 4) is 17.4 Å². The molecule has 0 aliphatic rings. The molecule has 150 valence electrons. The van der Waals surface area contributed by atoms with Gasteiger partial charge in [-0.1, -0.05) is 25.1 Å². The maximum atomic E-state index is 12.4. The summed E-state index contributed by atoms with van der Waals surface area (Å²) in [5.74, 6) is -0.660. The van der Waals surface area contributed by atoms with Crippen molar-refractivity contribution < 1.29 is 19.1 Å². The predicted molar refractivity (Wildman–Crippen MR) is 114 cm³/mol. The van der Waals surface area contributed by atoms with Gasteiger partial charge < -0.3 is 14.8 Å². The first-order chi connectivity index (χ1) is 14.4. The number of nitrogens with one attached hydrogen (secondary N) is 1. The molecule has 0 aliphatic carbocycles. The second-order valence-electron chi connectivity index (χ2n) is 6.71. The van der Waals surface area contributed by atoms with E-state index in [1.165, 1.54) is 12.1 Å². The highest BCUT2D eigenvalue weighted by atomic mass is 16.4. The number of amides is 1. The average molecular weight is 400 g/mol. The van der Waals surface area contributed by atoms with Crippen LogP contribution in [0.1, 0.15) is 34.2 Å². The maximum Gasteiger partial charge on any atom is 0.335 e. The Bertz CT molecular complexity index is 1160. The number of nitrogens with zero attached hydrogens (tertiary/aromatic N) is 1. The molecule has 0 aliphatic heterocycles. The SMILES string of the molecule is CCc1ccc(NC(=O)/C(C#N)=C\c2ccc(-c3ccc(C(=O)O)cc3C)o2)cc1. The number of carbonyl (C=O) groups is 2. The van der Waals surface area contributed by atoms with Gasteiger partial charge in [0, 0.05) is 17.3 Å². The van der Waals surface area contributed by atoms with Crippen molar-refractivity contribution in [3.05, 3.63) is 82.6 Å². The minimum Gasteiger partial charge on any atom is -0.478 e. The number of furan rings is 1. The summed E-state index contributed by atoms with van der Waals surface area (Å²) in [6.07, 6.45) is 2.27. The van der Waals surface area contributed by atoms with Gasteiger partial charge in [0.2, 0.25) is 0 Å². The topological polar surface area (TPSA) is 103 Å². The number of hydrogen-bond acceptors (Lipinski definition) is 4. The molecule has 2 aromatic carbocycles. The van der Waals surface area contributed by atoms with Crippen LogP contribution < -0.4 is 5.32 Å². The van der Waals surface area contributed by atoms with Crippen molar-refractivity contribution in [3.63, 3.8) is 0 Å². The van der Waals surface area contributed by atoms with E-state index >= 15 is 0 Å². The van der Waals surface area contributed by atoms with Gasteiger partial charge in [-0.15, -0.1) is 0 Å². The number of anilines is 1. The molecular weight excluding hydrogens is 380 g/mol. The van der Waals surface area contributed by atoms with Gasteiger partial charge in [0.05, 0.1) is 5.56 Å². The lowest BCUT2D eigenvalue weighted by Gasteiger charge is -2.05. The molecule has 0 radical (unpaired) electrons. The maximum absolute atomic E-state index is 12.4. The molecule has 0 saturated carbocycles. The summed E-state index contributed by atoms with van der Waals surface area (Å²) in [6.45, 7) is 3.83. The number of hydrogen-bond donors (Lipinski definition) is 2. The van der Waals surface area contributed by atoms with Crippen LogP contribution in [0.4, 0.5) is 5.69 Å². The molecule has 1 aromatic heterocycles. The van der Waals surface area contributed by atoms with Crippen LogP contribution in [-0.2, 0) is 11.2 Å². The quantitative estimate of drug-likeness (QED) is 0.444. The molecule has 0 unspecified atom stereocenters. The van der Waals surface area contributed by atoms with E-state index < -0.39 is 11.9 Å². The monoisotopic (exact) mass is 400 g/mol. The first kappa shape index (κ1) is 20.6. The number of benzene rings is 2. The lowest BCUT2D eigenvalue weighted by molar-refractivity contribution is -0.112. The number of carboxylic acid groups (broad SMARTS) is 1. The summed E-state index contributed by atoms with van der Waals surface area (Å²) in [5, 5.41) is 21.2. The molecular formula is C24H20N2O4. The van der Waals surface area contributed by atoms with Crippen LogP contribution in [-0.4, -0.2) is 17.0 Å². The van der Waals surface area contributed by atoms with E-state index in [1.807, 2.05) is 25.1 Å². The minimum atomic E-state index is -0.998. The molecule has 6 nitrogen and oxygen atoms in total. The highest BCUT2D eigenvalue weighted by Crippen LogP contribution is 2.27. The smallest absolute Gasteiger partial charge is 0.335 e. The molecule has 0 bridgehead atoms. The number of aromatic carboxylic acids is 1. The normalized spacial score (nSPS) is 11.0. The Morgan fingerprint density at radius 1 is 1.13 bits per heavy atom. The van der Waals surface area contributed by atoms with Crippen LogP contribution in [0.5, 0.6) is 0 Å². The molecule has 3 rings (SSSR count). The fourth-order valence-corrected chi connectivity index (χ4v) is 2.96. The first-order valence-electron chi connectivity index (χ1n) is 9.37. The Balaban J connectivity index is 1.80. The van der Waals surface area contributed by atoms with Gasteiger partial charge >= 0.3 is 5.97 Å². The summed E-state index contributed by atoms with van der Waals surface area (Å²) in [5.41, 5.74) is 3.34. The van der Waals surface area contributed by atoms with E-state index in [0.717, 1.165) is 23.1 Å². The molecule has 0 saturated heterocycles. The third kappa shape index (κ3) is 4.65. The Morgan fingerprint density at radius 3 is 2.47 bits per heavy atom. The van der Waals surface area contributed by atoms with E-state index in [4.69, 9.17) is 9.52 Å². The lowest BCUT2D eigenvalue weighted by atomic mass is 10.0. The van der Waals surface area contributed by atoms with E-state index in [0.29, 0.717) is 17.2 Å². The Labute approximate surface area is 174 Å². The molecule has 6 heteroatoms. The van der Waals surface area contributed by atoms with Crippen LogP contribution in [0.25, 0.3) is 17.4 Å². The Kier molecular flexibility index (Phi) is 6.14. The van der Waals surface area contributed by atoms with E-state index in [9.17, 15) is 14.9 Å². The van der Waals surface area contributed by atoms with Crippen molar-refractivity contribution in [2.24, 2.45) is 0 Å². The third-order valence-corrected chi connectivity index (χ3v) is 4.64. The zero-order chi connectivity index (χ0) is 21.7. The van der Waals surface area contributed by atoms with Crippen LogP contribution in [0.15, 0.2) is 64.6 Å². The number of rotatable bonds is 6. The minimum absolute atomic E-state index is 0.0894. The molecule has 2 N–H and O–H groups in total. The van der Waals surface area contributed by atoms with Crippen LogP contribution >= 0.6 is 0 Å². The molecule has 0 spiro atoms. The average Bonchev–Trinajstić information content (AvgIpc) is 3.20. The summed E-state index contributed by atoms with van der Waals surface area (Å²) in [6, 6.07) is 17.4. The standard InChI is InChI=1S/C24H20N2O4/c1-3-16-4-7-19(8-5-16)26-23(27)18(14-25)13-20-9-11-22(30-20)21-10-6-17(24(28)29)12-15(21)2/h4-13H,3H2,1-2H3,(H,26,27)(H,28,29)/b18-13-. The van der Waals surface area contributed by atoms with Gasteiger partial charge in [0.15, 0.2) is 0 Å². The molecule has 1 heterocycles. The van der Waals surface area contributed by atoms with Gasteiger partial charge in [-0.05, 0) is 60.9 Å². The Morgan fingerprint density at radius 2 is 1.87 bits per heavy atom. The molecule has 30 heavy (non-hydrogen) atoms. The third-order valence-electron chi connectivity index (χ3n) is 4.64. The summed E-state index contributed by atoms with van der Waals surface area (Å²) in [7, 11) is 0. The van der Waals surface area contributed by atoms with Crippen LogP contribution in [0, 0.1) is 18.3 Å². The second-order valence-corrected chi connectivity index (χ2v) is 6.71. The van der Waals surface area contributed by atoms with Crippen molar-refractivity contribution in [1.82, 2.24) is 0 Å². The highest BCUT2D eigenvalue weighted by Gasteiger charge is 2.13. The summed E-state index contributed by atoms with van der Waals surface area (Å²) in [4.78, 5) is 23.5. The van der Waals surface area contributed by atoms with Crippen molar-refractivity contribution >= 4 is 23.6 Å². The van der Waals surface area contributed by atoms with Gasteiger partial charge in [0.1, 0.15) is 23.2 Å². The fraction of sp³-hybridized carbons (Fsp3) is 0.125. The summed E-state index contributed by atoms with van der Waals surface area (Å²) < 4.78 is 5.76. The largest absolute Gasteiger partial charge is 0.478 e. The fourth-order valence-electron chi connectivity index (χ4n) is 2.96. The number of aryl methyl sites for hydroxylation is 2. The van der Waals surface area contributed by atoms with Gasteiger partial charge in [0.25, 0.3) is 5.91 Å². The van der Waals surface area contributed by atoms with Crippen LogP contribution in [0.3, 0.4) is 0 Å². The predicted octanol–water partition coefficient (Wildman–Crippen LogP) is 5.06. The first-order valence-corrected chi connectivity index (χ1v) is 9.37. The molecule has 1 amide bonds. The van der Waals surface area contributed by atoms with Crippen molar-refractivity contribution in [2.45, 2.75) is 20.3 Å². The molecule has 3 aromatic rings. The van der Waals surface area contributed by atoms with Crippen molar-refractivity contribution in [2.75, 3.05) is 5.32 Å². The number of carboxylic acids is 1. The molecule has 0 fully saturated rings. The second kappa shape index (κ2) is 8.93. The number of nitriles is 1. The molecule has 0 atom stereocenters. The zero-order valence-corrected chi connectivity index (χ0v) is 16.6. The lowest BCUT2D eigenvalue weighted by Crippen LogP contribution is -2.13. The summed E-state index contributed by atoms with van der Waals surface area (Å²) >= 11 is 0. The van der Waals surface area contributed by atoms with Crippen molar-refractivity contribution in [1.29, 1.82) is 5.26 Å². The zero-order valence-electron chi connectivity index (χ0n) is 16.6. The van der Waals surface area contributed by atoms with E-state index in [-0.39, 0.29) is 11.1 Å². The van der Waals surface area contributed by atoms with Gasteiger partial charge in [-0.25, -0.2) is 4.79 Å².